The molecule has 0 aliphatic carbocycles. The van der Waals surface area contributed by atoms with Gasteiger partial charge in [-0.05, 0) is 80.1 Å². The van der Waals surface area contributed by atoms with Gasteiger partial charge in [0.1, 0.15) is 24.1 Å². The van der Waals surface area contributed by atoms with Crippen molar-refractivity contribution in [2.24, 2.45) is 0 Å². The van der Waals surface area contributed by atoms with Gasteiger partial charge in [-0.3, -0.25) is 13.9 Å². The van der Waals surface area contributed by atoms with E-state index in [1.807, 2.05) is 30.3 Å². The summed E-state index contributed by atoms with van der Waals surface area (Å²) in [6, 6.07) is 29.6. The van der Waals surface area contributed by atoms with E-state index in [1.54, 1.807) is 80.6 Å². The Labute approximate surface area is 251 Å². The SMILES string of the molecule is CCNC(=O)[C@@H](C)N(Cc1ccc(Cl)cc1)C(=O)CN(c1ccc(Oc2ccccc2)cc1)S(=O)(=O)c1ccccc1. The number of para-hydroxylation sites is 1. The standard InChI is InChI=1S/C32H32ClN3O5S/c1-3-34-32(38)24(2)35(22-25-14-16-26(33)17-15-25)31(37)23-36(42(39,40)30-12-8-5-9-13-30)27-18-20-29(21-19-27)41-28-10-6-4-7-11-28/h4-21,24H,3,22-23H2,1-2H3,(H,34,38)/t24-/m1/s1. The summed E-state index contributed by atoms with van der Waals surface area (Å²) in [6.07, 6.45) is 0. The highest BCUT2D eigenvalue weighted by molar-refractivity contribution is 7.92. The molecule has 1 N–H and O–H groups in total. The Morgan fingerprint density at radius 3 is 2.00 bits per heavy atom. The molecule has 42 heavy (non-hydrogen) atoms. The van der Waals surface area contributed by atoms with E-state index >= 15 is 0 Å². The van der Waals surface area contributed by atoms with E-state index in [0.29, 0.717) is 23.1 Å². The van der Waals surface area contributed by atoms with E-state index in [-0.39, 0.29) is 23.0 Å². The maximum Gasteiger partial charge on any atom is 0.264 e. The van der Waals surface area contributed by atoms with Crippen molar-refractivity contribution in [3.05, 3.63) is 120 Å². The average molecular weight is 606 g/mol. The molecule has 0 aromatic heterocycles. The first-order valence-electron chi connectivity index (χ1n) is 13.4. The molecule has 0 aliphatic rings. The van der Waals surface area contributed by atoms with Crippen LogP contribution in [0.1, 0.15) is 19.4 Å². The summed E-state index contributed by atoms with van der Waals surface area (Å²) in [4.78, 5) is 28.1. The molecule has 4 aromatic rings. The van der Waals surface area contributed by atoms with Gasteiger partial charge in [0.15, 0.2) is 0 Å². The van der Waals surface area contributed by atoms with Gasteiger partial charge >= 0.3 is 0 Å². The molecule has 0 saturated heterocycles. The number of carbonyl (C=O) groups is 2. The number of ether oxygens (including phenoxy) is 1. The van der Waals surface area contributed by atoms with Crippen LogP contribution in [0.25, 0.3) is 0 Å². The van der Waals surface area contributed by atoms with Crippen LogP contribution in [-0.4, -0.2) is 44.3 Å². The summed E-state index contributed by atoms with van der Waals surface area (Å²) in [7, 11) is -4.16. The summed E-state index contributed by atoms with van der Waals surface area (Å²) in [5.74, 6) is 0.237. The molecule has 0 aliphatic heterocycles. The summed E-state index contributed by atoms with van der Waals surface area (Å²) in [5.41, 5.74) is 1.01. The molecule has 0 spiro atoms. The third kappa shape index (κ3) is 7.69. The number of hydrogen-bond donors (Lipinski definition) is 1. The molecule has 0 radical (unpaired) electrons. The Hall–Kier alpha value is -4.34. The quantitative estimate of drug-likeness (QED) is 0.218. The number of halogens is 1. The van der Waals surface area contributed by atoms with Crippen LogP contribution >= 0.6 is 11.6 Å². The molecule has 2 amide bonds. The number of likely N-dealkylation sites (N-methyl/N-ethyl adjacent to an activating group) is 1. The largest absolute Gasteiger partial charge is 0.457 e. The minimum absolute atomic E-state index is 0.0310. The van der Waals surface area contributed by atoms with Crippen molar-refractivity contribution >= 4 is 39.1 Å². The van der Waals surface area contributed by atoms with Gasteiger partial charge in [-0.15, -0.1) is 0 Å². The Kier molecular flexibility index (Phi) is 10.2. The molecule has 1 atom stereocenters. The van der Waals surface area contributed by atoms with Gasteiger partial charge in [-0.1, -0.05) is 60.1 Å². The highest BCUT2D eigenvalue weighted by Gasteiger charge is 2.32. The van der Waals surface area contributed by atoms with Crippen LogP contribution in [0.5, 0.6) is 11.5 Å². The first kappa shape index (κ1) is 30.6. The van der Waals surface area contributed by atoms with E-state index < -0.39 is 28.5 Å². The molecule has 0 unspecified atom stereocenters. The second-order valence-corrected chi connectivity index (χ2v) is 11.8. The Morgan fingerprint density at radius 2 is 1.40 bits per heavy atom. The number of benzene rings is 4. The fraction of sp³-hybridized carbons (Fsp3) is 0.188. The number of carbonyl (C=O) groups excluding carboxylic acids is 2. The first-order valence-corrected chi connectivity index (χ1v) is 15.2. The number of rotatable bonds is 12. The second kappa shape index (κ2) is 14.0. The maximum absolute atomic E-state index is 13.9. The third-order valence-electron chi connectivity index (χ3n) is 6.50. The zero-order valence-electron chi connectivity index (χ0n) is 23.3. The van der Waals surface area contributed by atoms with E-state index in [9.17, 15) is 18.0 Å². The van der Waals surface area contributed by atoms with Crippen molar-refractivity contribution in [1.82, 2.24) is 10.2 Å². The van der Waals surface area contributed by atoms with Gasteiger partial charge in [-0.25, -0.2) is 8.42 Å². The lowest BCUT2D eigenvalue weighted by molar-refractivity contribution is -0.139. The van der Waals surface area contributed by atoms with Crippen LogP contribution < -0.4 is 14.4 Å². The van der Waals surface area contributed by atoms with Crippen LogP contribution in [-0.2, 0) is 26.2 Å². The number of sulfonamides is 1. The molecule has 4 aromatic carbocycles. The predicted octanol–water partition coefficient (Wildman–Crippen LogP) is 5.88. The average Bonchev–Trinajstić information content (AvgIpc) is 3.00. The number of nitrogens with one attached hydrogen (secondary N) is 1. The van der Waals surface area contributed by atoms with E-state index in [0.717, 1.165) is 9.87 Å². The van der Waals surface area contributed by atoms with E-state index in [1.165, 1.54) is 17.0 Å². The topological polar surface area (TPSA) is 96.0 Å². The molecule has 218 valence electrons. The predicted molar refractivity (Wildman–Crippen MR) is 164 cm³/mol. The minimum atomic E-state index is -4.16. The summed E-state index contributed by atoms with van der Waals surface area (Å²) < 4.78 is 34.7. The lowest BCUT2D eigenvalue weighted by Crippen LogP contribution is -2.51. The Balaban J connectivity index is 1.68. The van der Waals surface area contributed by atoms with Crippen LogP contribution in [0, 0.1) is 0 Å². The fourth-order valence-corrected chi connectivity index (χ4v) is 5.81. The van der Waals surface area contributed by atoms with Crippen LogP contribution in [0.2, 0.25) is 5.02 Å². The molecular weight excluding hydrogens is 574 g/mol. The molecule has 0 fully saturated rings. The number of nitrogens with zero attached hydrogens (tertiary/aromatic N) is 2. The lowest BCUT2D eigenvalue weighted by atomic mass is 10.1. The molecular formula is C32H32ClN3O5S. The summed E-state index contributed by atoms with van der Waals surface area (Å²) in [5, 5.41) is 3.28. The van der Waals surface area contributed by atoms with Gasteiger partial charge in [0, 0.05) is 18.1 Å². The zero-order valence-corrected chi connectivity index (χ0v) is 24.9. The van der Waals surface area contributed by atoms with Gasteiger partial charge in [0.25, 0.3) is 10.0 Å². The van der Waals surface area contributed by atoms with Crippen molar-refractivity contribution in [2.75, 3.05) is 17.4 Å². The van der Waals surface area contributed by atoms with Crippen molar-refractivity contribution in [1.29, 1.82) is 0 Å². The highest BCUT2D eigenvalue weighted by atomic mass is 35.5. The van der Waals surface area contributed by atoms with Gasteiger partial charge in [0.05, 0.1) is 10.6 Å². The third-order valence-corrected chi connectivity index (χ3v) is 8.54. The van der Waals surface area contributed by atoms with Crippen molar-refractivity contribution < 1.29 is 22.7 Å². The van der Waals surface area contributed by atoms with Crippen LogP contribution in [0.4, 0.5) is 5.69 Å². The first-order chi connectivity index (χ1) is 20.2. The zero-order chi connectivity index (χ0) is 30.1. The van der Waals surface area contributed by atoms with Crippen molar-refractivity contribution in [2.45, 2.75) is 31.3 Å². The minimum Gasteiger partial charge on any atom is -0.457 e. The smallest absolute Gasteiger partial charge is 0.264 e. The normalized spacial score (nSPS) is 11.8. The molecule has 0 saturated carbocycles. The Bertz CT molecular complexity index is 1580. The van der Waals surface area contributed by atoms with E-state index in [4.69, 9.17) is 16.3 Å². The Morgan fingerprint density at radius 1 is 0.833 bits per heavy atom. The van der Waals surface area contributed by atoms with Crippen LogP contribution in [0.3, 0.4) is 0 Å². The summed E-state index contributed by atoms with van der Waals surface area (Å²) in [6.45, 7) is 3.34. The summed E-state index contributed by atoms with van der Waals surface area (Å²) >= 11 is 6.04. The molecule has 8 nitrogen and oxygen atoms in total. The lowest BCUT2D eigenvalue weighted by Gasteiger charge is -2.32. The molecule has 0 heterocycles. The van der Waals surface area contributed by atoms with Gasteiger partial charge < -0.3 is 15.0 Å². The number of amides is 2. The molecule has 4 rings (SSSR count). The van der Waals surface area contributed by atoms with Crippen molar-refractivity contribution in [3.8, 4) is 11.5 Å². The number of hydrogen-bond acceptors (Lipinski definition) is 5. The van der Waals surface area contributed by atoms with Crippen LogP contribution in [0.15, 0.2) is 114 Å². The highest BCUT2D eigenvalue weighted by Crippen LogP contribution is 2.28. The van der Waals surface area contributed by atoms with Crippen molar-refractivity contribution in [3.63, 3.8) is 0 Å². The number of anilines is 1. The van der Waals surface area contributed by atoms with Gasteiger partial charge in [-0.2, -0.15) is 0 Å². The molecule has 10 heteroatoms. The molecule has 0 bridgehead atoms. The monoisotopic (exact) mass is 605 g/mol. The maximum atomic E-state index is 13.9. The second-order valence-electron chi connectivity index (χ2n) is 9.45. The fourth-order valence-electron chi connectivity index (χ4n) is 4.24. The van der Waals surface area contributed by atoms with E-state index in [2.05, 4.69) is 5.32 Å². The van der Waals surface area contributed by atoms with Gasteiger partial charge in [0.2, 0.25) is 11.8 Å².